The molecule has 0 spiro atoms. The van der Waals surface area contributed by atoms with Gasteiger partial charge >= 0.3 is 0 Å². The molecule has 1 N–H and O–H groups in total. The van der Waals surface area contributed by atoms with Crippen LogP contribution in [0.5, 0.6) is 0 Å². The Morgan fingerprint density at radius 2 is 2.25 bits per heavy atom. The predicted molar refractivity (Wildman–Crippen MR) is 72.5 cm³/mol. The lowest BCUT2D eigenvalue weighted by molar-refractivity contribution is 0.473. The van der Waals surface area contributed by atoms with E-state index >= 15 is 0 Å². The highest BCUT2D eigenvalue weighted by molar-refractivity contribution is 7.99. The van der Waals surface area contributed by atoms with Crippen LogP contribution in [0.3, 0.4) is 0 Å². The number of hydrogen-bond acceptors (Lipinski definition) is 4. The Morgan fingerprint density at radius 3 is 2.75 bits per heavy atom. The van der Waals surface area contributed by atoms with Crippen molar-refractivity contribution in [3.8, 4) is 0 Å². The van der Waals surface area contributed by atoms with E-state index in [1.807, 2.05) is 6.92 Å². The van der Waals surface area contributed by atoms with Crippen LogP contribution >= 0.6 is 24.4 Å². The molecule has 0 aliphatic heterocycles. The number of nitrogens with zero attached hydrogens (tertiary/aromatic N) is 1. The Balaban J connectivity index is 2.63. The highest BCUT2D eigenvalue weighted by Gasteiger charge is 2.12. The molecular weight excluding hydrogens is 240 g/mol. The van der Waals surface area contributed by atoms with Gasteiger partial charge in [-0.2, -0.15) is 12.6 Å². The fourth-order valence-electron chi connectivity index (χ4n) is 1.26. The van der Waals surface area contributed by atoms with Gasteiger partial charge in [0.15, 0.2) is 5.16 Å². The van der Waals surface area contributed by atoms with Crippen LogP contribution in [0, 0.1) is 18.8 Å². The first-order valence-electron chi connectivity index (χ1n) is 5.34. The first kappa shape index (κ1) is 13.6. The SMILES string of the molecule is Cc1cc(=O)[nH]c(SCC(CS)C(C)C)n1. The van der Waals surface area contributed by atoms with E-state index in [2.05, 4.69) is 36.4 Å². The van der Waals surface area contributed by atoms with E-state index in [1.165, 1.54) is 6.07 Å². The van der Waals surface area contributed by atoms with Crippen LogP contribution in [0.25, 0.3) is 0 Å². The number of aromatic nitrogens is 2. The Hall–Kier alpha value is -0.420. The predicted octanol–water partition coefficient (Wildman–Crippen LogP) is 2.37. The number of thiol groups is 1. The molecule has 1 atom stereocenters. The lowest BCUT2D eigenvalue weighted by Gasteiger charge is -2.17. The largest absolute Gasteiger partial charge is 0.301 e. The van der Waals surface area contributed by atoms with E-state index in [1.54, 1.807) is 11.8 Å². The summed E-state index contributed by atoms with van der Waals surface area (Å²) < 4.78 is 0. The zero-order valence-electron chi connectivity index (χ0n) is 9.86. The number of nitrogens with one attached hydrogen (secondary N) is 1. The standard InChI is InChI=1S/C11H18N2OS2/c1-7(2)9(5-15)6-16-11-12-8(3)4-10(14)13-11/h4,7,9,15H,5-6H2,1-3H3,(H,12,13,14). The summed E-state index contributed by atoms with van der Waals surface area (Å²) in [5, 5.41) is 0.706. The summed E-state index contributed by atoms with van der Waals surface area (Å²) in [4.78, 5) is 18.3. The molecule has 0 fully saturated rings. The molecule has 5 heteroatoms. The van der Waals surface area contributed by atoms with E-state index in [4.69, 9.17) is 0 Å². The minimum atomic E-state index is -0.0815. The Bertz CT molecular complexity index is 390. The second-order valence-electron chi connectivity index (χ2n) is 4.19. The van der Waals surface area contributed by atoms with E-state index < -0.39 is 0 Å². The van der Waals surface area contributed by atoms with Crippen LogP contribution in [-0.2, 0) is 0 Å². The molecule has 0 amide bonds. The molecule has 16 heavy (non-hydrogen) atoms. The maximum Gasteiger partial charge on any atom is 0.251 e. The van der Waals surface area contributed by atoms with Crippen LogP contribution < -0.4 is 5.56 Å². The lowest BCUT2D eigenvalue weighted by Crippen LogP contribution is -2.15. The van der Waals surface area contributed by atoms with E-state index in [0.717, 1.165) is 17.2 Å². The van der Waals surface area contributed by atoms with Gasteiger partial charge in [-0.25, -0.2) is 4.98 Å². The molecule has 0 saturated heterocycles. The fraction of sp³-hybridized carbons (Fsp3) is 0.636. The van der Waals surface area contributed by atoms with Gasteiger partial charge in [0.1, 0.15) is 0 Å². The van der Waals surface area contributed by atoms with Gasteiger partial charge in [0.05, 0.1) is 0 Å². The van der Waals surface area contributed by atoms with Crippen molar-refractivity contribution in [2.45, 2.75) is 25.9 Å². The van der Waals surface area contributed by atoms with Gasteiger partial charge in [0.2, 0.25) is 0 Å². The van der Waals surface area contributed by atoms with E-state index in [9.17, 15) is 4.79 Å². The number of rotatable bonds is 5. The molecule has 0 bridgehead atoms. The number of aryl methyl sites for hydroxylation is 1. The van der Waals surface area contributed by atoms with Crippen molar-refractivity contribution in [3.05, 3.63) is 22.1 Å². The number of H-pyrrole nitrogens is 1. The van der Waals surface area contributed by atoms with Crippen molar-refractivity contribution < 1.29 is 0 Å². The van der Waals surface area contributed by atoms with Crippen LogP contribution in [0.1, 0.15) is 19.5 Å². The van der Waals surface area contributed by atoms with E-state index in [-0.39, 0.29) is 5.56 Å². The van der Waals surface area contributed by atoms with Gasteiger partial charge in [0, 0.05) is 17.5 Å². The summed E-state index contributed by atoms with van der Waals surface area (Å²) >= 11 is 5.93. The average molecular weight is 258 g/mol. The van der Waals surface area contributed by atoms with E-state index in [0.29, 0.717) is 17.0 Å². The molecule has 90 valence electrons. The summed E-state index contributed by atoms with van der Waals surface area (Å²) in [5.74, 6) is 2.94. The third-order valence-electron chi connectivity index (χ3n) is 2.46. The third kappa shape index (κ3) is 4.22. The first-order chi connectivity index (χ1) is 7.52. The summed E-state index contributed by atoms with van der Waals surface area (Å²) in [7, 11) is 0. The van der Waals surface area contributed by atoms with Crippen molar-refractivity contribution >= 4 is 24.4 Å². The van der Waals surface area contributed by atoms with Gasteiger partial charge in [-0.3, -0.25) is 4.79 Å². The number of thioether (sulfide) groups is 1. The molecule has 0 aromatic carbocycles. The van der Waals surface area contributed by atoms with Gasteiger partial charge < -0.3 is 4.98 Å². The number of hydrogen-bond donors (Lipinski definition) is 2. The maximum atomic E-state index is 11.2. The summed E-state index contributed by atoms with van der Waals surface area (Å²) in [6.45, 7) is 6.21. The second-order valence-corrected chi connectivity index (χ2v) is 5.56. The lowest BCUT2D eigenvalue weighted by atomic mass is 10.0. The highest BCUT2D eigenvalue weighted by atomic mass is 32.2. The van der Waals surface area contributed by atoms with Crippen molar-refractivity contribution in [2.75, 3.05) is 11.5 Å². The number of aromatic amines is 1. The Kier molecular flexibility index (Phi) is 5.41. The quantitative estimate of drug-likeness (QED) is 0.484. The monoisotopic (exact) mass is 258 g/mol. The molecule has 1 heterocycles. The van der Waals surface area contributed by atoms with Crippen molar-refractivity contribution in [2.24, 2.45) is 11.8 Å². The molecule has 0 radical (unpaired) electrons. The molecule has 3 nitrogen and oxygen atoms in total. The van der Waals surface area contributed by atoms with Crippen molar-refractivity contribution in [1.82, 2.24) is 9.97 Å². The minimum Gasteiger partial charge on any atom is -0.301 e. The van der Waals surface area contributed by atoms with Crippen molar-refractivity contribution in [3.63, 3.8) is 0 Å². The Labute approximate surface area is 106 Å². The van der Waals surface area contributed by atoms with Crippen molar-refractivity contribution in [1.29, 1.82) is 0 Å². The molecule has 1 rings (SSSR count). The molecule has 1 unspecified atom stereocenters. The highest BCUT2D eigenvalue weighted by Crippen LogP contribution is 2.21. The van der Waals surface area contributed by atoms with Crippen LogP contribution in [0.15, 0.2) is 16.0 Å². The summed E-state index contributed by atoms with van der Waals surface area (Å²) in [6, 6.07) is 1.50. The first-order valence-corrected chi connectivity index (χ1v) is 6.96. The molecule has 0 aliphatic rings. The van der Waals surface area contributed by atoms with Crippen LogP contribution in [-0.4, -0.2) is 21.5 Å². The second kappa shape index (κ2) is 6.35. The molecule has 0 saturated carbocycles. The maximum absolute atomic E-state index is 11.2. The van der Waals surface area contributed by atoms with Gasteiger partial charge in [-0.05, 0) is 24.5 Å². The van der Waals surface area contributed by atoms with Gasteiger partial charge in [-0.1, -0.05) is 25.6 Å². The molecule has 1 aromatic rings. The zero-order valence-corrected chi connectivity index (χ0v) is 11.6. The molecule has 0 aliphatic carbocycles. The third-order valence-corrected chi connectivity index (χ3v) is 3.99. The zero-order chi connectivity index (χ0) is 12.1. The summed E-state index contributed by atoms with van der Waals surface area (Å²) in [6.07, 6.45) is 0. The molecule has 1 aromatic heterocycles. The van der Waals surface area contributed by atoms with Crippen LogP contribution in [0.2, 0.25) is 0 Å². The average Bonchev–Trinajstić information content (AvgIpc) is 2.16. The smallest absolute Gasteiger partial charge is 0.251 e. The topological polar surface area (TPSA) is 45.8 Å². The fourth-order valence-corrected chi connectivity index (χ4v) is 3.24. The minimum absolute atomic E-state index is 0.0815. The van der Waals surface area contributed by atoms with Gasteiger partial charge in [0.25, 0.3) is 5.56 Å². The molecular formula is C11H18N2OS2. The summed E-state index contributed by atoms with van der Waals surface area (Å²) in [5.41, 5.74) is 0.681. The van der Waals surface area contributed by atoms with Crippen LogP contribution in [0.4, 0.5) is 0 Å². The van der Waals surface area contributed by atoms with Gasteiger partial charge in [-0.15, -0.1) is 0 Å². The normalized spacial score (nSPS) is 13.1. The Morgan fingerprint density at radius 1 is 1.56 bits per heavy atom.